The van der Waals surface area contributed by atoms with Crippen LogP contribution in [0.15, 0.2) is 30.3 Å². The van der Waals surface area contributed by atoms with Crippen LogP contribution < -0.4 is 0 Å². The average molecular weight is 388 g/mol. The minimum Gasteiger partial charge on any atom is -0.453 e. The topological polar surface area (TPSA) is 76.2 Å². The van der Waals surface area contributed by atoms with Crippen molar-refractivity contribution in [3.05, 3.63) is 35.9 Å². The summed E-state index contributed by atoms with van der Waals surface area (Å²) in [4.78, 5) is 41.3. The SMILES string of the molecule is COC(=O)N1CCCC[C@@H]1[C@H](C(=O)N1C(=O)OC[C@@H]1C(C)C)c1ccccc1. The third-order valence-corrected chi connectivity index (χ3v) is 5.68. The number of likely N-dealkylation sites (tertiary alicyclic amines) is 1. The van der Waals surface area contributed by atoms with Crippen LogP contribution in [0.2, 0.25) is 0 Å². The molecule has 0 spiro atoms. The summed E-state index contributed by atoms with van der Waals surface area (Å²) in [5, 5.41) is 0. The summed E-state index contributed by atoms with van der Waals surface area (Å²) in [5.41, 5.74) is 0.788. The molecular formula is C21H28N2O5. The van der Waals surface area contributed by atoms with E-state index in [0.717, 1.165) is 18.4 Å². The number of ether oxygens (including phenoxy) is 2. The molecule has 2 heterocycles. The molecule has 7 heteroatoms. The van der Waals surface area contributed by atoms with Crippen molar-refractivity contribution in [3.8, 4) is 0 Å². The quantitative estimate of drug-likeness (QED) is 0.790. The van der Waals surface area contributed by atoms with Gasteiger partial charge in [0, 0.05) is 6.54 Å². The van der Waals surface area contributed by atoms with Crippen molar-refractivity contribution in [2.45, 2.75) is 51.1 Å². The molecule has 0 aliphatic carbocycles. The first-order valence-corrected chi connectivity index (χ1v) is 9.85. The second kappa shape index (κ2) is 8.63. The summed E-state index contributed by atoms with van der Waals surface area (Å²) in [6.45, 7) is 4.67. The average Bonchev–Trinajstić information content (AvgIpc) is 3.10. The number of nitrogens with zero attached hydrogens (tertiary/aromatic N) is 2. The smallest absolute Gasteiger partial charge is 0.417 e. The van der Waals surface area contributed by atoms with Gasteiger partial charge in [-0.15, -0.1) is 0 Å². The van der Waals surface area contributed by atoms with E-state index >= 15 is 0 Å². The molecule has 0 bridgehead atoms. The van der Waals surface area contributed by atoms with Crippen LogP contribution in [0.1, 0.15) is 44.6 Å². The first-order valence-electron chi connectivity index (χ1n) is 9.85. The number of benzene rings is 1. The second-order valence-corrected chi connectivity index (χ2v) is 7.71. The summed E-state index contributed by atoms with van der Waals surface area (Å²) < 4.78 is 10.2. The molecule has 7 nitrogen and oxygen atoms in total. The predicted octanol–water partition coefficient (Wildman–Crippen LogP) is 3.39. The highest BCUT2D eigenvalue weighted by atomic mass is 16.6. The van der Waals surface area contributed by atoms with Gasteiger partial charge in [-0.25, -0.2) is 14.5 Å². The van der Waals surface area contributed by atoms with Gasteiger partial charge in [0.15, 0.2) is 0 Å². The molecule has 3 atom stereocenters. The molecule has 0 unspecified atom stereocenters. The van der Waals surface area contributed by atoms with Crippen molar-refractivity contribution < 1.29 is 23.9 Å². The van der Waals surface area contributed by atoms with Gasteiger partial charge in [0.25, 0.3) is 0 Å². The number of piperidine rings is 1. The summed E-state index contributed by atoms with van der Waals surface area (Å²) in [5.74, 6) is -0.879. The summed E-state index contributed by atoms with van der Waals surface area (Å²) in [6, 6.07) is 8.69. The van der Waals surface area contributed by atoms with Crippen LogP contribution in [0.4, 0.5) is 9.59 Å². The van der Waals surface area contributed by atoms with Crippen LogP contribution in [0.25, 0.3) is 0 Å². The van der Waals surface area contributed by atoms with Crippen molar-refractivity contribution in [1.82, 2.24) is 9.80 Å². The summed E-state index contributed by atoms with van der Waals surface area (Å²) in [6.07, 6.45) is 1.40. The van der Waals surface area contributed by atoms with Crippen molar-refractivity contribution in [1.29, 1.82) is 0 Å². The monoisotopic (exact) mass is 388 g/mol. The number of methoxy groups -OCH3 is 1. The first kappa shape index (κ1) is 20.2. The molecule has 1 aromatic carbocycles. The van der Waals surface area contributed by atoms with Crippen LogP contribution in [0, 0.1) is 5.92 Å². The summed E-state index contributed by atoms with van der Waals surface area (Å²) >= 11 is 0. The molecule has 0 saturated carbocycles. The number of amides is 3. The first-order chi connectivity index (χ1) is 13.5. The Kier molecular flexibility index (Phi) is 6.21. The number of carbonyl (C=O) groups excluding carboxylic acids is 3. The number of imide groups is 1. The highest BCUT2D eigenvalue weighted by molar-refractivity contribution is 5.98. The van der Waals surface area contributed by atoms with E-state index < -0.39 is 18.1 Å². The maximum atomic E-state index is 13.7. The second-order valence-electron chi connectivity index (χ2n) is 7.71. The molecule has 1 aromatic rings. The van der Waals surface area contributed by atoms with E-state index in [9.17, 15) is 14.4 Å². The van der Waals surface area contributed by atoms with Gasteiger partial charge < -0.3 is 14.4 Å². The number of carbonyl (C=O) groups is 3. The van der Waals surface area contributed by atoms with Gasteiger partial charge in [0.1, 0.15) is 6.61 Å². The Balaban J connectivity index is 2.01. The molecular weight excluding hydrogens is 360 g/mol. The van der Waals surface area contributed by atoms with Crippen LogP contribution in [-0.4, -0.2) is 60.2 Å². The lowest BCUT2D eigenvalue weighted by atomic mass is 9.83. The van der Waals surface area contributed by atoms with E-state index in [1.54, 1.807) is 4.90 Å². The Morgan fingerprint density at radius 3 is 2.50 bits per heavy atom. The number of hydrogen-bond donors (Lipinski definition) is 0. The van der Waals surface area contributed by atoms with Crippen molar-refractivity contribution in [2.75, 3.05) is 20.3 Å². The van der Waals surface area contributed by atoms with Gasteiger partial charge in [-0.3, -0.25) is 4.79 Å². The molecule has 2 aliphatic rings. The molecule has 0 radical (unpaired) electrons. The van der Waals surface area contributed by atoms with Crippen LogP contribution in [0.3, 0.4) is 0 Å². The lowest BCUT2D eigenvalue weighted by molar-refractivity contribution is -0.133. The van der Waals surface area contributed by atoms with E-state index in [1.807, 2.05) is 44.2 Å². The summed E-state index contributed by atoms with van der Waals surface area (Å²) in [7, 11) is 1.35. The lowest BCUT2D eigenvalue weighted by Crippen LogP contribution is -2.53. The molecule has 28 heavy (non-hydrogen) atoms. The molecule has 2 fully saturated rings. The Morgan fingerprint density at radius 2 is 1.86 bits per heavy atom. The van der Waals surface area contributed by atoms with Gasteiger partial charge in [-0.05, 0) is 30.7 Å². The molecule has 2 aliphatic heterocycles. The molecule has 0 aromatic heterocycles. The minimum atomic E-state index is -0.646. The maximum Gasteiger partial charge on any atom is 0.417 e. The fraction of sp³-hybridized carbons (Fsp3) is 0.571. The molecule has 3 rings (SSSR count). The Morgan fingerprint density at radius 1 is 1.14 bits per heavy atom. The number of hydrogen-bond acceptors (Lipinski definition) is 5. The maximum absolute atomic E-state index is 13.7. The van der Waals surface area contributed by atoms with E-state index in [4.69, 9.17) is 9.47 Å². The zero-order valence-corrected chi connectivity index (χ0v) is 16.7. The fourth-order valence-corrected chi connectivity index (χ4v) is 4.17. The van der Waals surface area contributed by atoms with Gasteiger partial charge in [0.2, 0.25) is 5.91 Å². The normalized spacial score (nSPS) is 23.5. The predicted molar refractivity (Wildman–Crippen MR) is 103 cm³/mol. The zero-order chi connectivity index (χ0) is 20.3. The highest BCUT2D eigenvalue weighted by Gasteiger charge is 2.46. The molecule has 152 valence electrons. The fourth-order valence-electron chi connectivity index (χ4n) is 4.17. The van der Waals surface area contributed by atoms with Gasteiger partial charge in [-0.1, -0.05) is 44.2 Å². The number of rotatable bonds is 4. The Hall–Kier alpha value is -2.57. The van der Waals surface area contributed by atoms with E-state index in [-0.39, 0.29) is 30.5 Å². The minimum absolute atomic E-state index is 0.0786. The van der Waals surface area contributed by atoms with Crippen molar-refractivity contribution >= 4 is 18.1 Å². The molecule has 0 N–H and O–H groups in total. The lowest BCUT2D eigenvalue weighted by Gasteiger charge is -2.40. The van der Waals surface area contributed by atoms with Gasteiger partial charge in [-0.2, -0.15) is 0 Å². The van der Waals surface area contributed by atoms with Crippen LogP contribution >= 0.6 is 0 Å². The standard InChI is InChI=1S/C21H28N2O5/c1-14(2)17-13-28-21(26)23(17)19(24)18(15-9-5-4-6-10-15)16-11-7-8-12-22(16)20(25)27-3/h4-6,9-10,14,16-18H,7-8,11-13H2,1-3H3/t16-,17-,18-/m1/s1. The largest absolute Gasteiger partial charge is 0.453 e. The van der Waals surface area contributed by atoms with Gasteiger partial charge >= 0.3 is 12.2 Å². The Bertz CT molecular complexity index is 721. The molecule has 2 saturated heterocycles. The van der Waals surface area contributed by atoms with Crippen LogP contribution in [-0.2, 0) is 14.3 Å². The third kappa shape index (κ3) is 3.84. The Labute approximate surface area is 165 Å². The highest BCUT2D eigenvalue weighted by Crippen LogP contribution is 2.35. The van der Waals surface area contributed by atoms with E-state index in [0.29, 0.717) is 13.0 Å². The molecule has 3 amide bonds. The van der Waals surface area contributed by atoms with Crippen LogP contribution in [0.5, 0.6) is 0 Å². The van der Waals surface area contributed by atoms with Gasteiger partial charge in [0.05, 0.1) is 25.1 Å². The van der Waals surface area contributed by atoms with E-state index in [2.05, 4.69) is 0 Å². The van der Waals surface area contributed by atoms with Crippen molar-refractivity contribution in [2.24, 2.45) is 5.92 Å². The zero-order valence-electron chi connectivity index (χ0n) is 16.7. The van der Waals surface area contributed by atoms with E-state index in [1.165, 1.54) is 12.0 Å². The third-order valence-electron chi connectivity index (χ3n) is 5.68. The number of cyclic esters (lactones) is 1. The van der Waals surface area contributed by atoms with Crippen molar-refractivity contribution in [3.63, 3.8) is 0 Å².